The van der Waals surface area contributed by atoms with Crippen molar-refractivity contribution in [1.82, 2.24) is 0 Å². The zero-order valence-corrected chi connectivity index (χ0v) is 10.1. The normalized spacial score (nSPS) is 12.2. The average molecular weight is 262 g/mol. The monoisotopic (exact) mass is 262 g/mol. The van der Waals surface area contributed by atoms with E-state index in [2.05, 4.69) is 4.74 Å². The predicted octanol–water partition coefficient (Wildman–Crippen LogP) is 2.03. The maximum Gasteiger partial charge on any atom is 0.305 e. The lowest BCUT2D eigenvalue weighted by molar-refractivity contribution is -0.140. The van der Waals surface area contributed by atoms with Gasteiger partial charge in [-0.3, -0.25) is 9.00 Å². The predicted molar refractivity (Wildman–Crippen MR) is 58.9 cm³/mol. The molecule has 0 saturated carbocycles. The molecule has 0 bridgehead atoms. The number of halogens is 2. The highest BCUT2D eigenvalue weighted by Gasteiger charge is 2.11. The van der Waals surface area contributed by atoms with Crippen molar-refractivity contribution in [3.8, 4) is 0 Å². The van der Waals surface area contributed by atoms with E-state index in [9.17, 15) is 17.8 Å². The first-order valence-corrected chi connectivity index (χ1v) is 6.26. The molecule has 1 aromatic rings. The van der Waals surface area contributed by atoms with E-state index in [0.717, 1.165) is 12.1 Å². The van der Waals surface area contributed by atoms with E-state index in [1.165, 1.54) is 7.11 Å². The first-order valence-electron chi connectivity index (χ1n) is 4.95. The average Bonchev–Trinajstić information content (AvgIpc) is 2.28. The molecule has 6 heteroatoms. The third kappa shape index (κ3) is 4.22. The summed E-state index contributed by atoms with van der Waals surface area (Å²) >= 11 is 0. The van der Waals surface area contributed by atoms with Gasteiger partial charge in [0.15, 0.2) is 0 Å². The largest absolute Gasteiger partial charge is 0.469 e. The number of carbonyl (C=O) groups is 1. The molecule has 0 N–H and O–H groups in total. The molecular formula is C11H12F2O3S. The van der Waals surface area contributed by atoms with Crippen molar-refractivity contribution in [2.45, 2.75) is 17.7 Å². The van der Waals surface area contributed by atoms with Crippen LogP contribution in [0.3, 0.4) is 0 Å². The van der Waals surface area contributed by atoms with E-state index in [1.54, 1.807) is 0 Å². The Bertz CT molecular complexity index is 435. The second kappa shape index (κ2) is 6.44. The van der Waals surface area contributed by atoms with Crippen LogP contribution in [0.5, 0.6) is 0 Å². The van der Waals surface area contributed by atoms with Gasteiger partial charge in [0.1, 0.15) is 11.6 Å². The third-order valence-corrected chi connectivity index (χ3v) is 3.56. The van der Waals surface area contributed by atoms with E-state index in [0.29, 0.717) is 12.5 Å². The highest BCUT2D eigenvalue weighted by Crippen LogP contribution is 2.14. The molecule has 0 saturated heterocycles. The van der Waals surface area contributed by atoms with Gasteiger partial charge in [0, 0.05) is 18.2 Å². The van der Waals surface area contributed by atoms with E-state index in [4.69, 9.17) is 0 Å². The minimum absolute atomic E-state index is 0.0451. The van der Waals surface area contributed by atoms with Crippen LogP contribution in [0.15, 0.2) is 23.1 Å². The maximum atomic E-state index is 13.2. The van der Waals surface area contributed by atoms with Gasteiger partial charge in [-0.25, -0.2) is 8.78 Å². The lowest BCUT2D eigenvalue weighted by Gasteiger charge is -2.03. The quantitative estimate of drug-likeness (QED) is 0.762. The van der Waals surface area contributed by atoms with Gasteiger partial charge in [0.05, 0.1) is 22.8 Å². The topological polar surface area (TPSA) is 43.4 Å². The van der Waals surface area contributed by atoms with Gasteiger partial charge < -0.3 is 4.74 Å². The molecule has 0 fully saturated rings. The van der Waals surface area contributed by atoms with Crippen molar-refractivity contribution in [2.24, 2.45) is 0 Å². The molecule has 0 spiro atoms. The van der Waals surface area contributed by atoms with Crippen molar-refractivity contribution in [3.05, 3.63) is 29.8 Å². The van der Waals surface area contributed by atoms with Crippen LogP contribution < -0.4 is 0 Å². The molecule has 17 heavy (non-hydrogen) atoms. The number of benzene rings is 1. The zero-order chi connectivity index (χ0) is 12.8. The molecule has 0 aliphatic rings. The lowest BCUT2D eigenvalue weighted by Crippen LogP contribution is -2.05. The number of hydrogen-bond acceptors (Lipinski definition) is 3. The Morgan fingerprint density at radius 2 is 2.12 bits per heavy atom. The Kier molecular flexibility index (Phi) is 5.21. The Morgan fingerprint density at radius 1 is 1.41 bits per heavy atom. The van der Waals surface area contributed by atoms with E-state index >= 15 is 0 Å². The number of carbonyl (C=O) groups excluding carboxylic acids is 1. The minimum Gasteiger partial charge on any atom is -0.469 e. The van der Waals surface area contributed by atoms with Crippen LogP contribution in [0, 0.1) is 11.6 Å². The molecule has 0 radical (unpaired) electrons. The van der Waals surface area contributed by atoms with Crippen molar-refractivity contribution in [3.63, 3.8) is 0 Å². The van der Waals surface area contributed by atoms with E-state index in [-0.39, 0.29) is 17.1 Å². The van der Waals surface area contributed by atoms with Crippen LogP contribution in [-0.4, -0.2) is 23.0 Å². The van der Waals surface area contributed by atoms with Gasteiger partial charge in [-0.2, -0.15) is 0 Å². The van der Waals surface area contributed by atoms with Gasteiger partial charge >= 0.3 is 5.97 Å². The summed E-state index contributed by atoms with van der Waals surface area (Å²) in [6, 6.07) is 2.89. The van der Waals surface area contributed by atoms with Gasteiger partial charge in [-0.15, -0.1) is 0 Å². The van der Waals surface area contributed by atoms with Crippen LogP contribution in [0.25, 0.3) is 0 Å². The second-order valence-electron chi connectivity index (χ2n) is 3.30. The first-order chi connectivity index (χ1) is 8.04. The molecule has 0 heterocycles. The van der Waals surface area contributed by atoms with Gasteiger partial charge in [-0.1, -0.05) is 0 Å². The summed E-state index contributed by atoms with van der Waals surface area (Å²) in [6.45, 7) is 0. The van der Waals surface area contributed by atoms with Crippen LogP contribution in [0.4, 0.5) is 8.78 Å². The SMILES string of the molecule is COC(=O)CCCS(=O)c1ccc(F)cc1F. The number of ether oxygens (including phenoxy) is 1. The first kappa shape index (κ1) is 13.8. The molecule has 0 aromatic heterocycles. The van der Waals surface area contributed by atoms with Crippen LogP contribution in [-0.2, 0) is 20.3 Å². The molecular weight excluding hydrogens is 250 g/mol. The second-order valence-corrected chi connectivity index (χ2v) is 4.84. The number of esters is 1. The number of rotatable bonds is 5. The van der Waals surface area contributed by atoms with Crippen LogP contribution in [0.2, 0.25) is 0 Å². The number of hydrogen-bond donors (Lipinski definition) is 0. The minimum atomic E-state index is -1.57. The Hall–Kier alpha value is -1.30. The maximum absolute atomic E-state index is 13.2. The fourth-order valence-electron chi connectivity index (χ4n) is 1.22. The van der Waals surface area contributed by atoms with Crippen molar-refractivity contribution < 1.29 is 22.5 Å². The van der Waals surface area contributed by atoms with E-state index in [1.807, 2.05) is 0 Å². The molecule has 3 nitrogen and oxygen atoms in total. The van der Waals surface area contributed by atoms with Crippen LogP contribution in [0.1, 0.15) is 12.8 Å². The Balaban J connectivity index is 2.55. The lowest BCUT2D eigenvalue weighted by atomic mass is 10.3. The fraction of sp³-hybridized carbons (Fsp3) is 0.364. The van der Waals surface area contributed by atoms with Crippen molar-refractivity contribution >= 4 is 16.8 Å². The Morgan fingerprint density at radius 3 is 2.71 bits per heavy atom. The summed E-state index contributed by atoms with van der Waals surface area (Å²) in [7, 11) is -0.308. The summed E-state index contributed by atoms with van der Waals surface area (Å²) in [4.78, 5) is 10.8. The number of methoxy groups -OCH3 is 1. The van der Waals surface area contributed by atoms with Gasteiger partial charge in [0.2, 0.25) is 0 Å². The molecule has 0 aliphatic carbocycles. The zero-order valence-electron chi connectivity index (χ0n) is 9.24. The molecule has 1 rings (SSSR count). The third-order valence-electron chi connectivity index (χ3n) is 2.08. The Labute approximate surface area is 100 Å². The standard InChI is InChI=1S/C11H12F2O3S/c1-16-11(14)3-2-6-17(15)10-5-4-8(12)7-9(10)13/h4-5,7H,2-3,6H2,1H3. The summed E-state index contributed by atoms with van der Waals surface area (Å²) in [6.07, 6.45) is 0.459. The molecule has 0 aliphatic heterocycles. The molecule has 1 aromatic carbocycles. The van der Waals surface area contributed by atoms with Crippen molar-refractivity contribution in [2.75, 3.05) is 12.9 Å². The summed E-state index contributed by atoms with van der Waals surface area (Å²) < 4.78 is 41.9. The summed E-state index contributed by atoms with van der Waals surface area (Å²) in [5, 5.41) is 0. The molecule has 0 amide bonds. The smallest absolute Gasteiger partial charge is 0.305 e. The highest BCUT2D eigenvalue weighted by atomic mass is 32.2. The van der Waals surface area contributed by atoms with Gasteiger partial charge in [-0.05, 0) is 18.6 Å². The van der Waals surface area contributed by atoms with Crippen LogP contribution >= 0.6 is 0 Å². The molecule has 94 valence electrons. The fourth-order valence-corrected chi connectivity index (χ4v) is 2.34. The molecule has 1 unspecified atom stereocenters. The summed E-state index contributed by atoms with van der Waals surface area (Å²) in [5.41, 5.74) is 0. The molecule has 1 atom stereocenters. The van der Waals surface area contributed by atoms with E-state index < -0.39 is 28.4 Å². The van der Waals surface area contributed by atoms with Crippen molar-refractivity contribution in [1.29, 1.82) is 0 Å². The highest BCUT2D eigenvalue weighted by molar-refractivity contribution is 7.85. The van der Waals surface area contributed by atoms with Gasteiger partial charge in [0.25, 0.3) is 0 Å². The summed E-state index contributed by atoms with van der Waals surface area (Å²) in [5.74, 6) is -1.81.